The van der Waals surface area contributed by atoms with Crippen LogP contribution < -0.4 is 10.2 Å². The van der Waals surface area contributed by atoms with Crippen LogP contribution >= 0.6 is 0 Å². The molecule has 1 aromatic rings. The van der Waals surface area contributed by atoms with Crippen molar-refractivity contribution >= 4 is 5.69 Å². The number of nitrogens with one attached hydrogen (secondary N) is 1. The summed E-state index contributed by atoms with van der Waals surface area (Å²) in [7, 11) is 0. The molecule has 1 aromatic carbocycles. The van der Waals surface area contributed by atoms with E-state index in [0.717, 1.165) is 18.8 Å². The molecule has 1 N–H and O–H groups in total. The Labute approximate surface area is 101 Å². The third kappa shape index (κ3) is 2.56. The van der Waals surface area contributed by atoms with E-state index in [4.69, 9.17) is 5.26 Å². The first-order valence-corrected chi connectivity index (χ1v) is 5.84. The summed E-state index contributed by atoms with van der Waals surface area (Å²) in [5, 5.41) is 12.1. The molecule has 1 aliphatic rings. The Hall–Kier alpha value is -1.60. The van der Waals surface area contributed by atoms with Crippen molar-refractivity contribution in [3.05, 3.63) is 30.1 Å². The lowest BCUT2D eigenvalue weighted by Gasteiger charge is -2.42. The van der Waals surface area contributed by atoms with Crippen molar-refractivity contribution in [1.29, 1.82) is 5.26 Å². The van der Waals surface area contributed by atoms with Gasteiger partial charge in [0.05, 0.1) is 18.5 Å². The molecule has 2 atom stereocenters. The van der Waals surface area contributed by atoms with Gasteiger partial charge in [-0.1, -0.05) is 6.07 Å². The minimum atomic E-state index is -0.232. The van der Waals surface area contributed by atoms with Crippen LogP contribution in [0, 0.1) is 17.1 Å². The number of benzene rings is 1. The maximum atomic E-state index is 13.3. The molecule has 1 heterocycles. The van der Waals surface area contributed by atoms with E-state index >= 15 is 0 Å². The van der Waals surface area contributed by atoms with Gasteiger partial charge in [0.1, 0.15) is 5.82 Å². The summed E-state index contributed by atoms with van der Waals surface area (Å²) in [5.41, 5.74) is 0.860. The fraction of sp³-hybridized carbons (Fsp3) is 0.462. The first-order chi connectivity index (χ1) is 8.22. The standard InChI is InChI=1S/C13H16FN3/c1-10-8-16-9-13(5-6-15)17(10)12-4-2-3-11(14)7-12/h2-4,7,10,13,16H,5,8-9H2,1H3. The van der Waals surface area contributed by atoms with E-state index in [-0.39, 0.29) is 17.9 Å². The summed E-state index contributed by atoms with van der Waals surface area (Å²) in [6.45, 7) is 3.72. The summed E-state index contributed by atoms with van der Waals surface area (Å²) < 4.78 is 13.3. The molecule has 90 valence electrons. The highest BCUT2D eigenvalue weighted by molar-refractivity contribution is 5.49. The van der Waals surface area contributed by atoms with Crippen molar-refractivity contribution in [1.82, 2.24) is 5.32 Å². The molecule has 0 bridgehead atoms. The zero-order valence-electron chi connectivity index (χ0n) is 9.86. The van der Waals surface area contributed by atoms with Crippen LogP contribution in [0.5, 0.6) is 0 Å². The van der Waals surface area contributed by atoms with Gasteiger partial charge in [0, 0.05) is 24.8 Å². The monoisotopic (exact) mass is 233 g/mol. The molecule has 0 aromatic heterocycles. The molecule has 0 saturated carbocycles. The normalized spacial score (nSPS) is 24.4. The number of anilines is 1. The second-order valence-electron chi connectivity index (χ2n) is 4.41. The van der Waals surface area contributed by atoms with Crippen molar-refractivity contribution < 1.29 is 4.39 Å². The van der Waals surface area contributed by atoms with Gasteiger partial charge in [-0.15, -0.1) is 0 Å². The van der Waals surface area contributed by atoms with Crippen LogP contribution in [0.2, 0.25) is 0 Å². The molecular formula is C13H16FN3. The molecule has 1 aliphatic heterocycles. The second kappa shape index (κ2) is 5.15. The minimum absolute atomic E-state index is 0.116. The average molecular weight is 233 g/mol. The lowest BCUT2D eigenvalue weighted by Crippen LogP contribution is -2.56. The highest BCUT2D eigenvalue weighted by Gasteiger charge is 2.27. The molecule has 0 amide bonds. The number of rotatable bonds is 2. The van der Waals surface area contributed by atoms with Crippen LogP contribution in [0.25, 0.3) is 0 Å². The van der Waals surface area contributed by atoms with E-state index < -0.39 is 0 Å². The Morgan fingerprint density at radius 3 is 3.06 bits per heavy atom. The molecule has 1 saturated heterocycles. The first-order valence-electron chi connectivity index (χ1n) is 5.84. The Morgan fingerprint density at radius 1 is 1.53 bits per heavy atom. The van der Waals surface area contributed by atoms with Gasteiger partial charge in [0.25, 0.3) is 0 Å². The summed E-state index contributed by atoms with van der Waals surface area (Å²) in [6, 6.07) is 9.16. The number of nitrogens with zero attached hydrogens (tertiary/aromatic N) is 2. The first kappa shape index (κ1) is 11.9. The van der Waals surface area contributed by atoms with Crippen LogP contribution in [0.1, 0.15) is 13.3 Å². The number of nitriles is 1. The van der Waals surface area contributed by atoms with Gasteiger partial charge in [0.2, 0.25) is 0 Å². The molecular weight excluding hydrogens is 217 g/mol. The molecule has 0 radical (unpaired) electrons. The van der Waals surface area contributed by atoms with Crippen LogP contribution in [0.4, 0.5) is 10.1 Å². The molecule has 2 rings (SSSR count). The topological polar surface area (TPSA) is 39.1 Å². The smallest absolute Gasteiger partial charge is 0.125 e. The van der Waals surface area contributed by atoms with E-state index in [1.165, 1.54) is 12.1 Å². The van der Waals surface area contributed by atoms with Gasteiger partial charge in [0.15, 0.2) is 0 Å². The highest BCUT2D eigenvalue weighted by atomic mass is 19.1. The second-order valence-corrected chi connectivity index (χ2v) is 4.41. The minimum Gasteiger partial charge on any atom is -0.362 e. The third-order valence-electron chi connectivity index (χ3n) is 3.12. The fourth-order valence-corrected chi connectivity index (χ4v) is 2.39. The van der Waals surface area contributed by atoms with E-state index in [9.17, 15) is 4.39 Å². The zero-order chi connectivity index (χ0) is 12.3. The number of halogens is 1. The Balaban J connectivity index is 2.28. The lowest BCUT2D eigenvalue weighted by molar-refractivity contribution is 0.416. The predicted molar refractivity (Wildman–Crippen MR) is 65.2 cm³/mol. The van der Waals surface area contributed by atoms with E-state index in [0.29, 0.717) is 6.42 Å². The van der Waals surface area contributed by atoms with Crippen molar-refractivity contribution in [2.45, 2.75) is 25.4 Å². The number of hydrogen-bond acceptors (Lipinski definition) is 3. The van der Waals surface area contributed by atoms with E-state index in [2.05, 4.69) is 23.2 Å². The van der Waals surface area contributed by atoms with E-state index in [1.54, 1.807) is 6.07 Å². The van der Waals surface area contributed by atoms with Gasteiger partial charge in [-0.05, 0) is 25.1 Å². The van der Waals surface area contributed by atoms with Gasteiger partial charge >= 0.3 is 0 Å². The lowest BCUT2D eigenvalue weighted by atomic mass is 10.0. The van der Waals surface area contributed by atoms with Crippen molar-refractivity contribution in [2.24, 2.45) is 0 Å². The Bertz CT molecular complexity index is 427. The zero-order valence-corrected chi connectivity index (χ0v) is 9.86. The molecule has 0 aliphatic carbocycles. The van der Waals surface area contributed by atoms with Crippen LogP contribution in [0.3, 0.4) is 0 Å². The Kier molecular flexibility index (Phi) is 3.60. The summed E-state index contributed by atoms with van der Waals surface area (Å²) in [5.74, 6) is -0.232. The van der Waals surface area contributed by atoms with Crippen molar-refractivity contribution in [3.8, 4) is 6.07 Å². The molecule has 3 nitrogen and oxygen atoms in total. The Morgan fingerprint density at radius 2 is 2.35 bits per heavy atom. The molecule has 0 spiro atoms. The number of piperazine rings is 1. The van der Waals surface area contributed by atoms with Gasteiger partial charge in [-0.3, -0.25) is 0 Å². The quantitative estimate of drug-likeness (QED) is 0.848. The summed E-state index contributed by atoms with van der Waals surface area (Å²) in [6.07, 6.45) is 0.452. The highest BCUT2D eigenvalue weighted by Crippen LogP contribution is 2.24. The molecule has 1 fully saturated rings. The molecule has 4 heteroatoms. The van der Waals surface area contributed by atoms with E-state index in [1.807, 2.05) is 6.07 Å². The van der Waals surface area contributed by atoms with Crippen molar-refractivity contribution in [2.75, 3.05) is 18.0 Å². The van der Waals surface area contributed by atoms with Gasteiger partial charge in [-0.2, -0.15) is 5.26 Å². The molecule has 2 unspecified atom stereocenters. The SMILES string of the molecule is CC1CNCC(CC#N)N1c1cccc(F)c1. The van der Waals surface area contributed by atoms with Crippen LogP contribution in [-0.4, -0.2) is 25.2 Å². The molecule has 17 heavy (non-hydrogen) atoms. The summed E-state index contributed by atoms with van der Waals surface area (Å²) in [4.78, 5) is 2.14. The van der Waals surface area contributed by atoms with Gasteiger partial charge < -0.3 is 10.2 Å². The maximum Gasteiger partial charge on any atom is 0.125 e. The van der Waals surface area contributed by atoms with Gasteiger partial charge in [-0.25, -0.2) is 4.39 Å². The third-order valence-corrected chi connectivity index (χ3v) is 3.12. The van der Waals surface area contributed by atoms with Crippen LogP contribution in [-0.2, 0) is 0 Å². The number of hydrogen-bond donors (Lipinski definition) is 1. The predicted octanol–water partition coefficient (Wildman–Crippen LogP) is 1.91. The average Bonchev–Trinajstić information content (AvgIpc) is 2.29. The fourth-order valence-electron chi connectivity index (χ4n) is 2.39. The maximum absolute atomic E-state index is 13.3. The summed E-state index contributed by atoms with van der Waals surface area (Å²) >= 11 is 0. The van der Waals surface area contributed by atoms with Crippen LogP contribution in [0.15, 0.2) is 24.3 Å². The largest absolute Gasteiger partial charge is 0.362 e. The van der Waals surface area contributed by atoms with Crippen molar-refractivity contribution in [3.63, 3.8) is 0 Å².